The molecule has 0 aliphatic rings. The molecule has 0 aliphatic heterocycles. The Balaban J connectivity index is 1.43. The van der Waals surface area contributed by atoms with Crippen molar-refractivity contribution < 1.29 is 34.4 Å². The minimum atomic E-state index is -1.21. The van der Waals surface area contributed by atoms with Crippen molar-refractivity contribution in [3.05, 3.63) is 54.1 Å². The van der Waals surface area contributed by atoms with E-state index in [1.807, 2.05) is 36.4 Å². The smallest absolute Gasteiger partial charge is 0.335 e. The third-order valence-electron chi connectivity index (χ3n) is 6.55. The van der Waals surface area contributed by atoms with Gasteiger partial charge < -0.3 is 24.8 Å². The monoisotopic (exact) mass is 514 g/mol. The van der Waals surface area contributed by atoms with Crippen LogP contribution in [-0.4, -0.2) is 53.7 Å². The maximum Gasteiger partial charge on any atom is 0.335 e. The molecular weight excluding hydrogens is 472 g/mol. The lowest BCUT2D eigenvalue weighted by Crippen LogP contribution is -2.37. The van der Waals surface area contributed by atoms with E-state index in [1.54, 1.807) is 12.1 Å². The number of aromatic carboxylic acids is 1. The lowest BCUT2D eigenvalue weighted by molar-refractivity contribution is -0.160. The molecule has 7 nitrogen and oxygen atoms in total. The van der Waals surface area contributed by atoms with Crippen molar-refractivity contribution in [1.82, 2.24) is 0 Å². The molecule has 0 bridgehead atoms. The summed E-state index contributed by atoms with van der Waals surface area (Å²) in [6.07, 6.45) is 11.2. The highest BCUT2D eigenvalue weighted by Crippen LogP contribution is 2.23. The first kappa shape index (κ1) is 30.3. The second-order valence-electron chi connectivity index (χ2n) is 9.80. The summed E-state index contributed by atoms with van der Waals surface area (Å²) in [5, 5.41) is 27.4. The van der Waals surface area contributed by atoms with Crippen molar-refractivity contribution in [3.63, 3.8) is 0 Å². The van der Waals surface area contributed by atoms with Crippen molar-refractivity contribution in [3.8, 4) is 16.9 Å². The van der Waals surface area contributed by atoms with Crippen molar-refractivity contribution in [2.45, 2.75) is 71.1 Å². The topological polar surface area (TPSA) is 113 Å². The van der Waals surface area contributed by atoms with Crippen LogP contribution in [0.3, 0.4) is 0 Å². The fourth-order valence-corrected chi connectivity index (χ4v) is 3.88. The van der Waals surface area contributed by atoms with Crippen molar-refractivity contribution in [2.24, 2.45) is 5.41 Å². The zero-order valence-corrected chi connectivity index (χ0v) is 22.0. The average Bonchev–Trinajstić information content (AvgIpc) is 2.93. The number of hydrogen-bond donors (Lipinski definition) is 3. The molecular formula is C30H42O7. The molecule has 7 heteroatoms. The molecule has 0 spiro atoms. The van der Waals surface area contributed by atoms with Crippen LogP contribution in [0.5, 0.6) is 5.75 Å². The van der Waals surface area contributed by atoms with Gasteiger partial charge in [0, 0.05) is 0 Å². The first-order valence-electron chi connectivity index (χ1n) is 13.3. The number of ether oxygens (including phenoxy) is 2. The fraction of sp³-hybridized carbons (Fsp3) is 0.533. The quantitative estimate of drug-likeness (QED) is 0.159. The highest BCUT2D eigenvalue weighted by molar-refractivity contribution is 5.88. The average molecular weight is 515 g/mol. The highest BCUT2D eigenvalue weighted by atomic mass is 16.5. The fourth-order valence-electron chi connectivity index (χ4n) is 3.88. The van der Waals surface area contributed by atoms with Gasteiger partial charge in [0.25, 0.3) is 0 Å². The van der Waals surface area contributed by atoms with Crippen LogP contribution in [-0.2, 0) is 9.53 Å². The lowest BCUT2D eigenvalue weighted by Gasteiger charge is -2.22. The summed E-state index contributed by atoms with van der Waals surface area (Å²) in [5.74, 6) is -0.618. The van der Waals surface area contributed by atoms with Crippen LogP contribution in [0.15, 0.2) is 48.5 Å². The van der Waals surface area contributed by atoms with Crippen LogP contribution in [0.4, 0.5) is 0 Å². The van der Waals surface area contributed by atoms with Gasteiger partial charge in [-0.1, -0.05) is 75.6 Å². The molecule has 2 aromatic rings. The van der Waals surface area contributed by atoms with Gasteiger partial charge in [-0.15, -0.1) is 0 Å². The number of carbonyl (C=O) groups excluding carboxylic acids is 1. The third-order valence-corrected chi connectivity index (χ3v) is 6.55. The molecule has 0 radical (unpaired) electrons. The zero-order valence-electron chi connectivity index (χ0n) is 22.0. The Labute approximate surface area is 220 Å². The second-order valence-corrected chi connectivity index (χ2v) is 9.80. The number of carboxylic acid groups (broad SMARTS) is 1. The number of aliphatic hydroxyl groups is 2. The molecule has 204 valence electrons. The van der Waals surface area contributed by atoms with E-state index in [9.17, 15) is 19.8 Å². The summed E-state index contributed by atoms with van der Waals surface area (Å²) >= 11 is 0. The Kier molecular flexibility index (Phi) is 13.7. The van der Waals surface area contributed by atoms with E-state index in [4.69, 9.17) is 14.6 Å². The van der Waals surface area contributed by atoms with Gasteiger partial charge in [-0.25, -0.2) is 4.79 Å². The maximum atomic E-state index is 11.8. The van der Waals surface area contributed by atoms with E-state index in [0.717, 1.165) is 49.0 Å². The molecule has 0 fully saturated rings. The van der Waals surface area contributed by atoms with Crippen molar-refractivity contribution in [1.29, 1.82) is 0 Å². The number of benzene rings is 2. The van der Waals surface area contributed by atoms with Gasteiger partial charge >= 0.3 is 11.9 Å². The van der Waals surface area contributed by atoms with Gasteiger partial charge in [-0.2, -0.15) is 0 Å². The molecule has 0 aromatic heterocycles. The van der Waals surface area contributed by atoms with Crippen LogP contribution in [0.2, 0.25) is 0 Å². The maximum absolute atomic E-state index is 11.8. The molecule has 0 heterocycles. The largest absolute Gasteiger partial charge is 0.494 e. The number of unbranched alkanes of at least 4 members (excludes halogenated alkanes) is 9. The van der Waals surface area contributed by atoms with Crippen LogP contribution >= 0.6 is 0 Å². The number of hydrogen-bond acceptors (Lipinski definition) is 6. The number of rotatable bonds is 19. The van der Waals surface area contributed by atoms with Crippen LogP contribution in [0.25, 0.3) is 11.1 Å². The predicted molar refractivity (Wildman–Crippen MR) is 144 cm³/mol. The summed E-state index contributed by atoms with van der Waals surface area (Å²) in [6, 6.07) is 14.7. The Hall–Kier alpha value is -2.90. The number of esters is 1. The molecule has 3 N–H and O–H groups in total. The van der Waals surface area contributed by atoms with E-state index in [2.05, 4.69) is 0 Å². The molecule has 0 saturated carbocycles. The molecule has 2 aromatic carbocycles. The van der Waals surface area contributed by atoms with E-state index >= 15 is 0 Å². The third kappa shape index (κ3) is 10.9. The SMILES string of the molecule is CC(CO)(CO)C(=O)OCCCCCCCCCCCCOc1ccc(-c2ccc(C(=O)O)cc2)cc1. The molecule has 0 amide bonds. The van der Waals surface area contributed by atoms with Gasteiger partial charge in [-0.05, 0) is 55.2 Å². The number of carbonyl (C=O) groups is 2. The molecule has 0 unspecified atom stereocenters. The van der Waals surface area contributed by atoms with E-state index in [-0.39, 0.29) is 5.56 Å². The summed E-state index contributed by atoms with van der Waals surface area (Å²) in [6.45, 7) is 1.70. The predicted octanol–water partition coefficient (Wildman–Crippen LogP) is 5.87. The normalized spacial score (nSPS) is 11.3. The van der Waals surface area contributed by atoms with Crippen molar-refractivity contribution >= 4 is 11.9 Å². The second kappa shape index (κ2) is 16.8. The van der Waals surface area contributed by atoms with Gasteiger partial charge in [0.1, 0.15) is 11.2 Å². The molecule has 2 rings (SSSR count). The lowest BCUT2D eigenvalue weighted by atomic mass is 9.93. The van der Waals surface area contributed by atoms with E-state index < -0.39 is 30.6 Å². The Morgan fingerprint density at radius 1 is 0.676 bits per heavy atom. The van der Waals surface area contributed by atoms with Crippen molar-refractivity contribution in [2.75, 3.05) is 26.4 Å². The standard InChI is InChI=1S/C30H42O7/c1-30(22-31,23-32)29(35)37-21-11-9-7-5-3-2-4-6-8-10-20-36-27-18-16-25(17-19-27)24-12-14-26(15-13-24)28(33)34/h12-19,31-32H,2-11,20-23H2,1H3,(H,33,34). The first-order chi connectivity index (χ1) is 17.9. The van der Waals surface area contributed by atoms with Crippen LogP contribution < -0.4 is 4.74 Å². The first-order valence-corrected chi connectivity index (χ1v) is 13.3. The Morgan fingerprint density at radius 3 is 1.57 bits per heavy atom. The highest BCUT2D eigenvalue weighted by Gasteiger charge is 2.33. The summed E-state index contributed by atoms with van der Waals surface area (Å²) in [7, 11) is 0. The van der Waals surface area contributed by atoms with Gasteiger partial charge in [-0.3, -0.25) is 4.79 Å². The number of aliphatic hydroxyl groups excluding tert-OH is 2. The van der Waals surface area contributed by atoms with E-state index in [0.29, 0.717) is 13.2 Å². The summed E-state index contributed by atoms with van der Waals surface area (Å²) < 4.78 is 11.0. The summed E-state index contributed by atoms with van der Waals surface area (Å²) in [5.41, 5.74) is 1.07. The van der Waals surface area contributed by atoms with Gasteiger partial charge in [0.05, 0.1) is 32.0 Å². The zero-order chi connectivity index (χ0) is 26.9. The minimum absolute atomic E-state index is 0.282. The molecule has 0 aliphatic carbocycles. The molecule has 0 saturated heterocycles. The number of carboxylic acids is 1. The molecule has 37 heavy (non-hydrogen) atoms. The van der Waals surface area contributed by atoms with E-state index in [1.165, 1.54) is 39.0 Å². The Bertz CT molecular complexity index is 918. The van der Waals surface area contributed by atoms with Gasteiger partial charge in [0.15, 0.2) is 0 Å². The van der Waals surface area contributed by atoms with Gasteiger partial charge in [0.2, 0.25) is 0 Å². The molecule has 0 atom stereocenters. The Morgan fingerprint density at radius 2 is 1.11 bits per heavy atom. The minimum Gasteiger partial charge on any atom is -0.494 e. The van der Waals surface area contributed by atoms with Crippen LogP contribution in [0, 0.1) is 5.41 Å². The summed E-state index contributed by atoms with van der Waals surface area (Å²) in [4.78, 5) is 22.8. The van der Waals surface area contributed by atoms with Crippen LogP contribution in [0.1, 0.15) is 81.5 Å².